The second-order valence-corrected chi connectivity index (χ2v) is 3.31. The largest absolute Gasteiger partial charge is 0.453 e. The number of furan rings is 1. The van der Waals surface area contributed by atoms with Crippen molar-refractivity contribution in [2.75, 3.05) is 0 Å². The summed E-state index contributed by atoms with van der Waals surface area (Å²) in [5.41, 5.74) is 4.37. The monoisotopic (exact) mass is 184 g/mol. The van der Waals surface area contributed by atoms with Crippen LogP contribution in [0.25, 0.3) is 22.2 Å². The van der Waals surface area contributed by atoms with Gasteiger partial charge >= 0.3 is 0 Å². The molecule has 3 aromatic rings. The fourth-order valence-electron chi connectivity index (χ4n) is 1.57. The van der Waals surface area contributed by atoms with Crippen LogP contribution in [0.2, 0.25) is 0 Å². The SMILES string of the molecule is Cc1cnc2c(c1)oc1cccnc12. The predicted octanol–water partition coefficient (Wildman–Crippen LogP) is 2.68. The summed E-state index contributed by atoms with van der Waals surface area (Å²) in [5.74, 6) is 0. The summed E-state index contributed by atoms with van der Waals surface area (Å²) in [6.45, 7) is 1.99. The number of hydrogen-bond donors (Lipinski definition) is 0. The summed E-state index contributed by atoms with van der Waals surface area (Å²) in [4.78, 5) is 8.56. The van der Waals surface area contributed by atoms with E-state index in [4.69, 9.17) is 4.42 Å². The first kappa shape index (κ1) is 7.50. The summed E-state index contributed by atoms with van der Waals surface area (Å²) in [7, 11) is 0. The summed E-state index contributed by atoms with van der Waals surface area (Å²) < 4.78 is 5.61. The second-order valence-electron chi connectivity index (χ2n) is 3.31. The van der Waals surface area contributed by atoms with Gasteiger partial charge in [0.1, 0.15) is 11.0 Å². The van der Waals surface area contributed by atoms with Crippen LogP contribution in [-0.4, -0.2) is 9.97 Å². The maximum absolute atomic E-state index is 5.61. The highest BCUT2D eigenvalue weighted by Gasteiger charge is 2.07. The molecule has 0 fully saturated rings. The van der Waals surface area contributed by atoms with Crippen molar-refractivity contribution in [3.05, 3.63) is 36.2 Å². The lowest BCUT2D eigenvalue weighted by Crippen LogP contribution is -1.77. The van der Waals surface area contributed by atoms with Crippen molar-refractivity contribution in [3.63, 3.8) is 0 Å². The van der Waals surface area contributed by atoms with E-state index in [-0.39, 0.29) is 0 Å². The van der Waals surface area contributed by atoms with Crippen LogP contribution in [0.5, 0.6) is 0 Å². The molecular formula is C11H8N2O. The summed E-state index contributed by atoms with van der Waals surface area (Å²) in [6, 6.07) is 5.74. The van der Waals surface area contributed by atoms with E-state index < -0.39 is 0 Å². The van der Waals surface area contributed by atoms with Gasteiger partial charge in [-0.2, -0.15) is 0 Å². The van der Waals surface area contributed by atoms with Crippen LogP contribution < -0.4 is 0 Å². The minimum absolute atomic E-state index is 0.792. The molecule has 0 bridgehead atoms. The molecule has 3 heteroatoms. The number of rotatable bonds is 0. The Kier molecular flexibility index (Phi) is 1.36. The molecule has 0 saturated carbocycles. The Morgan fingerprint density at radius 1 is 1.14 bits per heavy atom. The molecule has 0 saturated heterocycles. The van der Waals surface area contributed by atoms with Gasteiger partial charge < -0.3 is 4.42 Å². The van der Waals surface area contributed by atoms with Gasteiger partial charge in [-0.1, -0.05) is 0 Å². The Bertz CT molecular complexity index is 613. The zero-order chi connectivity index (χ0) is 9.54. The van der Waals surface area contributed by atoms with Gasteiger partial charge in [0.15, 0.2) is 11.2 Å². The Morgan fingerprint density at radius 2 is 2.00 bits per heavy atom. The third kappa shape index (κ3) is 0.923. The zero-order valence-electron chi connectivity index (χ0n) is 7.69. The number of fused-ring (bicyclic) bond motifs is 3. The van der Waals surface area contributed by atoms with E-state index in [1.165, 1.54) is 0 Å². The molecule has 3 aromatic heterocycles. The number of pyridine rings is 2. The maximum atomic E-state index is 5.61. The molecule has 0 spiro atoms. The van der Waals surface area contributed by atoms with Gasteiger partial charge in [-0.3, -0.25) is 9.97 Å². The lowest BCUT2D eigenvalue weighted by molar-refractivity contribution is 0.667. The Hall–Kier alpha value is -1.90. The first-order chi connectivity index (χ1) is 6.84. The third-order valence-corrected chi connectivity index (χ3v) is 2.20. The van der Waals surface area contributed by atoms with Gasteiger partial charge in [0.05, 0.1) is 0 Å². The van der Waals surface area contributed by atoms with Crippen molar-refractivity contribution in [1.82, 2.24) is 9.97 Å². The molecule has 0 aliphatic heterocycles. The molecule has 0 aliphatic carbocycles. The quantitative estimate of drug-likeness (QED) is 0.539. The highest BCUT2D eigenvalue weighted by molar-refractivity contribution is 5.99. The van der Waals surface area contributed by atoms with Gasteiger partial charge in [0, 0.05) is 12.4 Å². The normalized spacial score (nSPS) is 11.2. The van der Waals surface area contributed by atoms with Crippen LogP contribution in [0.4, 0.5) is 0 Å². The molecule has 0 N–H and O–H groups in total. The standard InChI is InChI=1S/C11H8N2O/c1-7-5-9-11(13-6-7)10-8(14-9)3-2-4-12-10/h2-6H,1H3. The molecule has 14 heavy (non-hydrogen) atoms. The zero-order valence-corrected chi connectivity index (χ0v) is 7.69. The van der Waals surface area contributed by atoms with Crippen molar-refractivity contribution in [2.24, 2.45) is 0 Å². The van der Waals surface area contributed by atoms with E-state index in [0.717, 1.165) is 27.8 Å². The Balaban J connectivity index is 2.57. The van der Waals surface area contributed by atoms with Crippen molar-refractivity contribution < 1.29 is 4.42 Å². The molecule has 0 aliphatic rings. The number of aryl methyl sites for hydroxylation is 1. The van der Waals surface area contributed by atoms with Gasteiger partial charge in [-0.15, -0.1) is 0 Å². The molecule has 3 rings (SSSR count). The number of aromatic nitrogens is 2. The molecule has 68 valence electrons. The number of nitrogens with zero attached hydrogens (tertiary/aromatic N) is 2. The van der Waals surface area contributed by atoms with E-state index >= 15 is 0 Å². The molecule has 0 aromatic carbocycles. The van der Waals surface area contributed by atoms with E-state index in [2.05, 4.69) is 9.97 Å². The third-order valence-electron chi connectivity index (χ3n) is 2.20. The molecular weight excluding hydrogens is 176 g/mol. The molecule has 0 unspecified atom stereocenters. The Morgan fingerprint density at radius 3 is 2.93 bits per heavy atom. The number of hydrogen-bond acceptors (Lipinski definition) is 3. The fraction of sp³-hybridized carbons (Fsp3) is 0.0909. The molecule has 0 radical (unpaired) electrons. The van der Waals surface area contributed by atoms with Crippen LogP contribution in [0.15, 0.2) is 35.0 Å². The average Bonchev–Trinajstić information content (AvgIpc) is 2.54. The fourth-order valence-corrected chi connectivity index (χ4v) is 1.57. The minimum Gasteiger partial charge on any atom is -0.453 e. The van der Waals surface area contributed by atoms with Gasteiger partial charge in [-0.05, 0) is 30.7 Å². The minimum atomic E-state index is 0.792. The van der Waals surface area contributed by atoms with Crippen LogP contribution in [0, 0.1) is 6.92 Å². The van der Waals surface area contributed by atoms with Crippen LogP contribution in [0.3, 0.4) is 0 Å². The first-order valence-electron chi connectivity index (χ1n) is 4.44. The van der Waals surface area contributed by atoms with Gasteiger partial charge in [-0.25, -0.2) is 0 Å². The highest BCUT2D eigenvalue weighted by atomic mass is 16.3. The van der Waals surface area contributed by atoms with E-state index in [9.17, 15) is 0 Å². The van der Waals surface area contributed by atoms with Crippen LogP contribution in [0.1, 0.15) is 5.56 Å². The lowest BCUT2D eigenvalue weighted by atomic mass is 10.3. The van der Waals surface area contributed by atoms with Crippen LogP contribution in [-0.2, 0) is 0 Å². The summed E-state index contributed by atoms with van der Waals surface area (Å²) in [6.07, 6.45) is 3.57. The van der Waals surface area contributed by atoms with E-state index in [1.54, 1.807) is 6.20 Å². The summed E-state index contributed by atoms with van der Waals surface area (Å²) in [5, 5.41) is 0. The molecule has 0 amide bonds. The van der Waals surface area contributed by atoms with Gasteiger partial charge in [0.25, 0.3) is 0 Å². The van der Waals surface area contributed by atoms with Crippen molar-refractivity contribution in [2.45, 2.75) is 6.92 Å². The lowest BCUT2D eigenvalue weighted by Gasteiger charge is -1.89. The maximum Gasteiger partial charge on any atom is 0.155 e. The Labute approximate surface area is 80.4 Å². The van der Waals surface area contributed by atoms with Crippen molar-refractivity contribution >= 4 is 22.2 Å². The van der Waals surface area contributed by atoms with Crippen molar-refractivity contribution in [1.29, 1.82) is 0 Å². The molecule has 3 heterocycles. The average molecular weight is 184 g/mol. The summed E-state index contributed by atoms with van der Waals surface area (Å²) >= 11 is 0. The predicted molar refractivity (Wildman–Crippen MR) is 54.0 cm³/mol. The highest BCUT2D eigenvalue weighted by Crippen LogP contribution is 2.24. The van der Waals surface area contributed by atoms with Gasteiger partial charge in [0.2, 0.25) is 0 Å². The molecule has 0 atom stereocenters. The van der Waals surface area contributed by atoms with E-state index in [0.29, 0.717) is 0 Å². The topological polar surface area (TPSA) is 38.9 Å². The smallest absolute Gasteiger partial charge is 0.155 e. The second kappa shape index (κ2) is 2.54. The molecule has 3 nitrogen and oxygen atoms in total. The van der Waals surface area contributed by atoms with Crippen molar-refractivity contribution in [3.8, 4) is 0 Å². The van der Waals surface area contributed by atoms with Crippen LogP contribution >= 0.6 is 0 Å². The van der Waals surface area contributed by atoms with E-state index in [1.807, 2.05) is 31.3 Å². The first-order valence-corrected chi connectivity index (χ1v) is 4.44.